The highest BCUT2D eigenvalue weighted by Gasteiger charge is 2.32. The third kappa shape index (κ3) is 4.42. The fraction of sp³-hybridized carbons (Fsp3) is 0.333. The fourth-order valence-corrected chi connectivity index (χ4v) is 6.03. The molecular formula is C21H23N3O5S2. The van der Waals surface area contributed by atoms with Gasteiger partial charge in [-0.3, -0.25) is 10.1 Å². The van der Waals surface area contributed by atoms with Crippen LogP contribution < -0.4 is 10.1 Å². The first-order valence-corrected chi connectivity index (χ1v) is 12.0. The molecule has 3 aromatic rings. The van der Waals surface area contributed by atoms with Crippen molar-refractivity contribution in [2.45, 2.75) is 31.0 Å². The van der Waals surface area contributed by atoms with Crippen molar-refractivity contribution in [3.8, 4) is 5.75 Å². The summed E-state index contributed by atoms with van der Waals surface area (Å²) in [4.78, 5) is 17.2. The van der Waals surface area contributed by atoms with Crippen LogP contribution in [0.1, 0.15) is 24.2 Å². The summed E-state index contributed by atoms with van der Waals surface area (Å²) in [5.41, 5.74) is 1.02. The maximum Gasteiger partial charge on any atom is 0.257 e. The van der Waals surface area contributed by atoms with Crippen LogP contribution in [0.25, 0.3) is 10.2 Å². The Kier molecular flexibility index (Phi) is 5.98. The van der Waals surface area contributed by atoms with E-state index in [9.17, 15) is 13.2 Å². The number of amides is 1. The molecule has 2 atom stereocenters. The zero-order valence-electron chi connectivity index (χ0n) is 17.4. The zero-order valence-corrected chi connectivity index (χ0v) is 19.0. The first kappa shape index (κ1) is 21.7. The molecule has 0 bridgehead atoms. The molecule has 0 aliphatic carbocycles. The van der Waals surface area contributed by atoms with Crippen LogP contribution in [0.5, 0.6) is 5.75 Å². The molecule has 1 fully saturated rings. The highest BCUT2D eigenvalue weighted by atomic mass is 32.2. The summed E-state index contributed by atoms with van der Waals surface area (Å²) in [6.45, 7) is 4.30. The molecule has 0 radical (unpaired) electrons. The number of sulfonamides is 1. The van der Waals surface area contributed by atoms with E-state index >= 15 is 0 Å². The lowest BCUT2D eigenvalue weighted by Gasteiger charge is -2.34. The van der Waals surface area contributed by atoms with Crippen molar-refractivity contribution in [3.05, 3.63) is 48.0 Å². The zero-order chi connectivity index (χ0) is 22.2. The molecule has 1 amide bonds. The van der Waals surface area contributed by atoms with Gasteiger partial charge in [-0.05, 0) is 50.2 Å². The van der Waals surface area contributed by atoms with Gasteiger partial charge in [0.05, 0.1) is 28.9 Å². The molecule has 0 spiro atoms. The minimum Gasteiger partial charge on any atom is -0.494 e. The fourth-order valence-electron chi connectivity index (χ4n) is 3.57. The summed E-state index contributed by atoms with van der Waals surface area (Å²) in [7, 11) is -2.09. The normalized spacial score (nSPS) is 20.0. The molecule has 1 saturated heterocycles. The van der Waals surface area contributed by atoms with Crippen LogP contribution in [0, 0.1) is 0 Å². The van der Waals surface area contributed by atoms with Gasteiger partial charge in [0, 0.05) is 18.7 Å². The van der Waals surface area contributed by atoms with Crippen molar-refractivity contribution < 1.29 is 22.7 Å². The van der Waals surface area contributed by atoms with Gasteiger partial charge >= 0.3 is 0 Å². The number of aromatic nitrogens is 1. The Hall–Kier alpha value is -2.53. The second-order valence-corrected chi connectivity index (χ2v) is 10.4. The number of ether oxygens (including phenoxy) is 2. The smallest absolute Gasteiger partial charge is 0.257 e. The third-order valence-corrected chi connectivity index (χ3v) is 7.74. The molecule has 4 rings (SSSR count). The predicted octanol–water partition coefficient (Wildman–Crippen LogP) is 3.36. The average Bonchev–Trinajstić information content (AvgIpc) is 3.15. The summed E-state index contributed by atoms with van der Waals surface area (Å²) in [6.07, 6.45) is -0.341. The van der Waals surface area contributed by atoms with Crippen LogP contribution >= 0.6 is 11.3 Å². The number of fused-ring (bicyclic) bond motifs is 1. The van der Waals surface area contributed by atoms with Crippen molar-refractivity contribution in [1.29, 1.82) is 0 Å². The van der Waals surface area contributed by atoms with Crippen LogP contribution in [-0.2, 0) is 14.8 Å². The summed E-state index contributed by atoms with van der Waals surface area (Å²) in [6, 6.07) is 11.5. The SMILES string of the molecule is COc1cccc2sc(NC(=O)c3ccc(S(=O)(=O)N4C[C@@H](C)O[C@H](C)C4)cc3)nc12. The Balaban J connectivity index is 1.51. The molecule has 1 aliphatic heterocycles. The topological polar surface area (TPSA) is 97.8 Å². The van der Waals surface area contributed by atoms with Gasteiger partial charge in [0.2, 0.25) is 10.0 Å². The highest BCUT2D eigenvalue weighted by Crippen LogP contribution is 2.32. The minimum absolute atomic E-state index is 0.148. The number of hydrogen-bond acceptors (Lipinski definition) is 7. The average molecular weight is 462 g/mol. The predicted molar refractivity (Wildman–Crippen MR) is 119 cm³/mol. The van der Waals surface area contributed by atoms with Crippen molar-refractivity contribution in [2.24, 2.45) is 0 Å². The molecule has 1 aliphatic rings. The molecular weight excluding hydrogens is 438 g/mol. The Bertz CT molecular complexity index is 1200. The number of para-hydroxylation sites is 1. The Labute approximate surface area is 184 Å². The molecule has 0 unspecified atom stereocenters. The molecule has 164 valence electrons. The lowest BCUT2D eigenvalue weighted by Crippen LogP contribution is -2.48. The minimum atomic E-state index is -3.66. The molecule has 2 heterocycles. The molecule has 2 aromatic carbocycles. The van der Waals surface area contributed by atoms with Crippen molar-refractivity contribution in [1.82, 2.24) is 9.29 Å². The largest absolute Gasteiger partial charge is 0.494 e. The lowest BCUT2D eigenvalue weighted by atomic mass is 10.2. The number of nitrogens with zero attached hydrogens (tertiary/aromatic N) is 2. The maximum atomic E-state index is 13.0. The Morgan fingerprint density at radius 2 is 1.84 bits per heavy atom. The van der Waals surface area contributed by atoms with Gasteiger partial charge < -0.3 is 9.47 Å². The number of carbonyl (C=O) groups excluding carboxylic acids is 1. The molecule has 10 heteroatoms. The number of carbonyl (C=O) groups is 1. The van der Waals surface area contributed by atoms with Crippen molar-refractivity contribution in [2.75, 3.05) is 25.5 Å². The van der Waals surface area contributed by atoms with Gasteiger partial charge in [-0.2, -0.15) is 4.31 Å². The van der Waals surface area contributed by atoms with Gasteiger partial charge in [-0.1, -0.05) is 17.4 Å². The number of thiazole rings is 1. The number of rotatable bonds is 5. The quantitative estimate of drug-likeness (QED) is 0.626. The van der Waals surface area contributed by atoms with Gasteiger partial charge in [-0.15, -0.1) is 0 Å². The van der Waals surface area contributed by atoms with Crippen LogP contribution in [-0.4, -0.2) is 56.0 Å². The van der Waals surface area contributed by atoms with Gasteiger partial charge in [-0.25, -0.2) is 13.4 Å². The summed E-state index contributed by atoms with van der Waals surface area (Å²) >= 11 is 1.34. The first-order chi connectivity index (χ1) is 14.8. The van der Waals surface area contributed by atoms with Crippen LogP contribution in [0.2, 0.25) is 0 Å². The van der Waals surface area contributed by atoms with Gasteiger partial charge in [0.15, 0.2) is 5.13 Å². The molecule has 1 N–H and O–H groups in total. The van der Waals surface area contributed by atoms with Gasteiger partial charge in [0.1, 0.15) is 11.3 Å². The van der Waals surface area contributed by atoms with E-state index in [0.29, 0.717) is 35.1 Å². The van der Waals surface area contributed by atoms with Crippen molar-refractivity contribution in [3.63, 3.8) is 0 Å². The molecule has 31 heavy (non-hydrogen) atoms. The summed E-state index contributed by atoms with van der Waals surface area (Å²) in [5.74, 6) is 0.270. The van der Waals surface area contributed by atoms with E-state index < -0.39 is 10.0 Å². The van der Waals surface area contributed by atoms with Crippen LogP contribution in [0.15, 0.2) is 47.4 Å². The molecule has 0 saturated carbocycles. The number of methoxy groups -OCH3 is 1. The van der Waals surface area contributed by atoms with Gasteiger partial charge in [0.25, 0.3) is 5.91 Å². The van der Waals surface area contributed by atoms with E-state index in [1.165, 1.54) is 39.9 Å². The summed E-state index contributed by atoms with van der Waals surface area (Å²) < 4.78 is 39.2. The van der Waals surface area contributed by atoms with E-state index in [2.05, 4.69) is 10.3 Å². The highest BCUT2D eigenvalue weighted by molar-refractivity contribution is 7.89. The molecule has 1 aromatic heterocycles. The van der Waals surface area contributed by atoms with E-state index in [4.69, 9.17) is 9.47 Å². The Morgan fingerprint density at radius 3 is 2.48 bits per heavy atom. The van der Waals surface area contributed by atoms with Crippen LogP contribution in [0.4, 0.5) is 5.13 Å². The Morgan fingerprint density at radius 1 is 1.16 bits per heavy atom. The lowest BCUT2D eigenvalue weighted by molar-refractivity contribution is -0.0440. The second-order valence-electron chi connectivity index (χ2n) is 7.38. The maximum absolute atomic E-state index is 13.0. The second kappa shape index (κ2) is 8.54. The van der Waals surface area contributed by atoms with E-state index in [1.54, 1.807) is 7.11 Å². The number of hydrogen-bond donors (Lipinski definition) is 1. The van der Waals surface area contributed by atoms with E-state index in [1.807, 2.05) is 32.0 Å². The van der Waals surface area contributed by atoms with E-state index in [-0.39, 0.29) is 23.0 Å². The summed E-state index contributed by atoms with van der Waals surface area (Å²) in [5, 5.41) is 3.21. The number of benzene rings is 2. The molecule has 8 nitrogen and oxygen atoms in total. The van der Waals surface area contributed by atoms with Crippen molar-refractivity contribution >= 4 is 42.6 Å². The first-order valence-electron chi connectivity index (χ1n) is 9.78. The monoisotopic (exact) mass is 461 g/mol. The number of nitrogens with one attached hydrogen (secondary N) is 1. The standard InChI is InChI=1S/C21H23N3O5S2/c1-13-11-24(12-14(2)29-13)31(26,27)16-9-7-15(8-10-16)20(25)23-21-22-19-17(28-3)5-4-6-18(19)30-21/h4-10,13-14H,11-12H2,1-3H3,(H,22,23,25)/t13-,14-/m1/s1. The van der Waals surface area contributed by atoms with E-state index in [0.717, 1.165) is 4.70 Å². The third-order valence-electron chi connectivity index (χ3n) is 4.96. The number of anilines is 1. The van der Waals surface area contributed by atoms with Crippen LogP contribution in [0.3, 0.4) is 0 Å². The number of morpholine rings is 1.